The standard InChI is InChI=1S/C20H27N3O2/c1-4-17-19(24)21-10-6-11-23(17)20(25)16-7-5-8-18-15(16)9-12-22(18)13-14(2)3/h5,7-9,12,14,17H,4,6,10-11,13H2,1-3H3,(H,21,24)/t17-/m1/s1. The van der Waals surface area contributed by atoms with Crippen LogP contribution in [0, 0.1) is 5.92 Å². The molecule has 1 aliphatic rings. The Morgan fingerprint density at radius 3 is 2.84 bits per heavy atom. The zero-order valence-corrected chi connectivity index (χ0v) is 15.3. The van der Waals surface area contributed by atoms with Crippen LogP contribution in [-0.2, 0) is 11.3 Å². The second-order valence-electron chi connectivity index (χ2n) is 7.17. The van der Waals surface area contributed by atoms with E-state index in [1.807, 2.05) is 31.3 Å². The minimum absolute atomic E-state index is 0.0436. The molecule has 0 bridgehead atoms. The molecule has 2 aromatic rings. The monoisotopic (exact) mass is 341 g/mol. The van der Waals surface area contributed by atoms with Gasteiger partial charge in [0, 0.05) is 42.3 Å². The van der Waals surface area contributed by atoms with E-state index >= 15 is 0 Å². The van der Waals surface area contributed by atoms with E-state index in [-0.39, 0.29) is 17.9 Å². The van der Waals surface area contributed by atoms with E-state index in [4.69, 9.17) is 0 Å². The van der Waals surface area contributed by atoms with Gasteiger partial charge in [-0.05, 0) is 37.0 Å². The Labute approximate surface area is 149 Å². The molecule has 5 heteroatoms. The van der Waals surface area contributed by atoms with Crippen molar-refractivity contribution in [2.45, 2.75) is 46.2 Å². The molecule has 3 rings (SSSR count). The highest BCUT2D eigenvalue weighted by Gasteiger charge is 2.31. The lowest BCUT2D eigenvalue weighted by Crippen LogP contribution is -2.46. The van der Waals surface area contributed by atoms with E-state index < -0.39 is 0 Å². The number of rotatable bonds is 4. The van der Waals surface area contributed by atoms with Gasteiger partial charge in [0.2, 0.25) is 5.91 Å². The summed E-state index contributed by atoms with van der Waals surface area (Å²) in [6.07, 6.45) is 3.47. The van der Waals surface area contributed by atoms with Gasteiger partial charge >= 0.3 is 0 Å². The van der Waals surface area contributed by atoms with Gasteiger partial charge in [0.25, 0.3) is 5.91 Å². The van der Waals surface area contributed by atoms with Gasteiger partial charge in [0.15, 0.2) is 0 Å². The molecule has 1 atom stereocenters. The predicted molar refractivity (Wildman–Crippen MR) is 99.5 cm³/mol. The average Bonchev–Trinajstić information content (AvgIpc) is 2.89. The van der Waals surface area contributed by atoms with Crippen LogP contribution in [-0.4, -0.2) is 40.4 Å². The first-order valence-electron chi connectivity index (χ1n) is 9.19. The van der Waals surface area contributed by atoms with Crippen molar-refractivity contribution in [3.05, 3.63) is 36.0 Å². The number of carbonyl (C=O) groups excluding carboxylic acids is 2. The Hall–Kier alpha value is -2.30. The van der Waals surface area contributed by atoms with Crippen molar-refractivity contribution in [3.8, 4) is 0 Å². The van der Waals surface area contributed by atoms with Crippen LogP contribution >= 0.6 is 0 Å². The van der Waals surface area contributed by atoms with Crippen molar-refractivity contribution >= 4 is 22.7 Å². The second kappa shape index (κ2) is 7.30. The number of benzene rings is 1. The maximum atomic E-state index is 13.2. The van der Waals surface area contributed by atoms with Crippen molar-refractivity contribution in [3.63, 3.8) is 0 Å². The van der Waals surface area contributed by atoms with E-state index in [1.54, 1.807) is 4.90 Å². The molecule has 2 amide bonds. The smallest absolute Gasteiger partial charge is 0.255 e. The van der Waals surface area contributed by atoms with E-state index in [0.29, 0.717) is 31.0 Å². The van der Waals surface area contributed by atoms with Crippen LogP contribution in [0.2, 0.25) is 0 Å². The van der Waals surface area contributed by atoms with Gasteiger partial charge in [-0.3, -0.25) is 9.59 Å². The summed E-state index contributed by atoms with van der Waals surface area (Å²) in [5.74, 6) is 0.448. The van der Waals surface area contributed by atoms with Gasteiger partial charge in [-0.2, -0.15) is 0 Å². The molecule has 1 saturated heterocycles. The Morgan fingerprint density at radius 2 is 2.12 bits per heavy atom. The molecule has 0 unspecified atom stereocenters. The zero-order valence-electron chi connectivity index (χ0n) is 15.3. The molecule has 0 saturated carbocycles. The fourth-order valence-electron chi connectivity index (χ4n) is 3.64. The van der Waals surface area contributed by atoms with E-state index in [9.17, 15) is 9.59 Å². The normalized spacial score (nSPS) is 18.5. The Kier molecular flexibility index (Phi) is 5.11. The molecule has 1 aromatic carbocycles. The van der Waals surface area contributed by atoms with Crippen LogP contribution < -0.4 is 5.32 Å². The summed E-state index contributed by atoms with van der Waals surface area (Å²) in [6, 6.07) is 7.50. The topological polar surface area (TPSA) is 54.3 Å². The molecular formula is C20H27N3O2. The van der Waals surface area contributed by atoms with Gasteiger partial charge in [0.05, 0.1) is 0 Å². The number of amides is 2. The molecule has 1 aromatic heterocycles. The summed E-state index contributed by atoms with van der Waals surface area (Å²) in [5, 5.41) is 3.87. The molecule has 0 spiro atoms. The first-order chi connectivity index (χ1) is 12.0. The van der Waals surface area contributed by atoms with Crippen molar-refractivity contribution < 1.29 is 9.59 Å². The quantitative estimate of drug-likeness (QED) is 0.929. The summed E-state index contributed by atoms with van der Waals surface area (Å²) in [5.41, 5.74) is 1.76. The first kappa shape index (κ1) is 17.5. The van der Waals surface area contributed by atoms with Crippen LogP contribution in [0.1, 0.15) is 44.0 Å². The molecule has 2 heterocycles. The largest absolute Gasteiger partial charge is 0.354 e. The summed E-state index contributed by atoms with van der Waals surface area (Å²) in [6.45, 7) is 8.48. The van der Waals surface area contributed by atoms with Crippen LogP contribution in [0.4, 0.5) is 0 Å². The third kappa shape index (κ3) is 3.41. The molecule has 1 aliphatic heterocycles. The van der Waals surface area contributed by atoms with E-state index in [1.165, 1.54) is 0 Å². The van der Waals surface area contributed by atoms with Crippen LogP contribution in [0.3, 0.4) is 0 Å². The minimum atomic E-state index is -0.386. The summed E-state index contributed by atoms with van der Waals surface area (Å²) >= 11 is 0. The number of aromatic nitrogens is 1. The number of hydrogen-bond acceptors (Lipinski definition) is 2. The molecule has 1 N–H and O–H groups in total. The minimum Gasteiger partial charge on any atom is -0.354 e. The summed E-state index contributed by atoms with van der Waals surface area (Å²) < 4.78 is 2.20. The highest BCUT2D eigenvalue weighted by atomic mass is 16.2. The van der Waals surface area contributed by atoms with Gasteiger partial charge in [-0.1, -0.05) is 26.8 Å². The highest BCUT2D eigenvalue weighted by Crippen LogP contribution is 2.24. The second-order valence-corrected chi connectivity index (χ2v) is 7.17. The van der Waals surface area contributed by atoms with Crippen LogP contribution in [0.15, 0.2) is 30.5 Å². The van der Waals surface area contributed by atoms with Crippen molar-refractivity contribution in [1.29, 1.82) is 0 Å². The number of fused-ring (bicyclic) bond motifs is 1. The highest BCUT2D eigenvalue weighted by molar-refractivity contribution is 6.07. The SMILES string of the molecule is CC[C@@H]1C(=O)NCCCN1C(=O)c1cccc2c1ccn2CC(C)C. The maximum absolute atomic E-state index is 13.2. The zero-order chi connectivity index (χ0) is 18.0. The Balaban J connectivity index is 1.99. The molecule has 0 aliphatic carbocycles. The molecule has 5 nitrogen and oxygen atoms in total. The van der Waals surface area contributed by atoms with Gasteiger partial charge in [-0.15, -0.1) is 0 Å². The maximum Gasteiger partial charge on any atom is 0.255 e. The lowest BCUT2D eigenvalue weighted by molar-refractivity contribution is -0.124. The predicted octanol–water partition coefficient (Wildman–Crippen LogP) is 3.04. The summed E-state index contributed by atoms with van der Waals surface area (Å²) in [4.78, 5) is 27.3. The number of nitrogens with zero attached hydrogens (tertiary/aromatic N) is 2. The third-order valence-electron chi connectivity index (χ3n) is 4.81. The first-order valence-corrected chi connectivity index (χ1v) is 9.19. The fraction of sp³-hybridized carbons (Fsp3) is 0.500. The number of nitrogens with one attached hydrogen (secondary N) is 1. The Morgan fingerprint density at radius 1 is 1.32 bits per heavy atom. The van der Waals surface area contributed by atoms with Gasteiger partial charge in [-0.25, -0.2) is 0 Å². The fourth-order valence-corrected chi connectivity index (χ4v) is 3.64. The molecule has 25 heavy (non-hydrogen) atoms. The van der Waals surface area contributed by atoms with E-state index in [2.05, 4.69) is 29.8 Å². The molecular weight excluding hydrogens is 314 g/mol. The van der Waals surface area contributed by atoms with Gasteiger partial charge < -0.3 is 14.8 Å². The Bertz CT molecular complexity index is 778. The van der Waals surface area contributed by atoms with Gasteiger partial charge in [0.1, 0.15) is 6.04 Å². The number of carbonyl (C=O) groups is 2. The molecule has 134 valence electrons. The van der Waals surface area contributed by atoms with Crippen molar-refractivity contribution in [1.82, 2.24) is 14.8 Å². The van der Waals surface area contributed by atoms with Crippen molar-refractivity contribution in [2.24, 2.45) is 5.92 Å². The summed E-state index contributed by atoms with van der Waals surface area (Å²) in [7, 11) is 0. The molecule has 0 radical (unpaired) electrons. The van der Waals surface area contributed by atoms with Crippen molar-refractivity contribution in [2.75, 3.05) is 13.1 Å². The lowest BCUT2D eigenvalue weighted by Gasteiger charge is -2.28. The number of hydrogen-bond donors (Lipinski definition) is 1. The van der Waals surface area contributed by atoms with E-state index in [0.717, 1.165) is 23.9 Å². The van der Waals surface area contributed by atoms with Crippen LogP contribution in [0.5, 0.6) is 0 Å². The molecule has 1 fully saturated rings. The third-order valence-corrected chi connectivity index (χ3v) is 4.81. The average molecular weight is 341 g/mol. The van der Waals surface area contributed by atoms with Crippen LogP contribution in [0.25, 0.3) is 10.9 Å². The lowest BCUT2D eigenvalue weighted by atomic mass is 10.1.